The fraction of sp³-hybridized carbons (Fsp3) is 0.500. The summed E-state index contributed by atoms with van der Waals surface area (Å²) in [4.78, 5) is 14.5. The summed E-state index contributed by atoms with van der Waals surface area (Å²) in [7, 11) is 3.98. The SMILES string of the molecule is CN(C)CCNC(=O)Cc1cccs1. The van der Waals surface area contributed by atoms with Crippen LogP contribution in [0.15, 0.2) is 17.5 Å². The molecule has 0 aliphatic heterocycles. The number of hydrogen-bond acceptors (Lipinski definition) is 3. The lowest BCUT2D eigenvalue weighted by atomic mass is 10.3. The van der Waals surface area contributed by atoms with Crippen molar-refractivity contribution in [2.24, 2.45) is 0 Å². The van der Waals surface area contributed by atoms with Crippen LogP contribution in [-0.2, 0) is 11.2 Å². The lowest BCUT2D eigenvalue weighted by Gasteiger charge is -2.09. The Hall–Kier alpha value is -0.870. The number of rotatable bonds is 5. The summed E-state index contributed by atoms with van der Waals surface area (Å²) in [6.45, 7) is 1.60. The van der Waals surface area contributed by atoms with E-state index >= 15 is 0 Å². The van der Waals surface area contributed by atoms with Gasteiger partial charge in [-0.2, -0.15) is 0 Å². The summed E-state index contributed by atoms with van der Waals surface area (Å²) in [6.07, 6.45) is 0.505. The van der Waals surface area contributed by atoms with Gasteiger partial charge in [0.2, 0.25) is 5.91 Å². The maximum absolute atomic E-state index is 11.4. The third-order valence-electron chi connectivity index (χ3n) is 1.80. The fourth-order valence-corrected chi connectivity index (χ4v) is 1.76. The van der Waals surface area contributed by atoms with E-state index in [4.69, 9.17) is 0 Å². The molecule has 3 nitrogen and oxygen atoms in total. The van der Waals surface area contributed by atoms with Gasteiger partial charge in [-0.3, -0.25) is 4.79 Å². The summed E-state index contributed by atoms with van der Waals surface area (Å²) < 4.78 is 0. The average molecular weight is 212 g/mol. The topological polar surface area (TPSA) is 32.3 Å². The summed E-state index contributed by atoms with van der Waals surface area (Å²) >= 11 is 1.62. The highest BCUT2D eigenvalue weighted by Crippen LogP contribution is 2.08. The van der Waals surface area contributed by atoms with E-state index in [0.717, 1.165) is 18.0 Å². The van der Waals surface area contributed by atoms with Gasteiger partial charge in [0.1, 0.15) is 0 Å². The number of thiophene rings is 1. The molecule has 14 heavy (non-hydrogen) atoms. The number of carbonyl (C=O) groups is 1. The van der Waals surface area contributed by atoms with E-state index in [0.29, 0.717) is 6.42 Å². The van der Waals surface area contributed by atoms with Crippen LogP contribution in [0.5, 0.6) is 0 Å². The van der Waals surface area contributed by atoms with Gasteiger partial charge in [0.25, 0.3) is 0 Å². The number of amides is 1. The van der Waals surface area contributed by atoms with Crippen molar-refractivity contribution in [3.63, 3.8) is 0 Å². The van der Waals surface area contributed by atoms with Crippen LogP contribution in [0.25, 0.3) is 0 Å². The van der Waals surface area contributed by atoms with Crippen LogP contribution >= 0.6 is 11.3 Å². The van der Waals surface area contributed by atoms with Gasteiger partial charge in [-0.1, -0.05) is 6.07 Å². The lowest BCUT2D eigenvalue weighted by molar-refractivity contribution is -0.120. The van der Waals surface area contributed by atoms with E-state index in [9.17, 15) is 4.79 Å². The zero-order valence-corrected chi connectivity index (χ0v) is 9.43. The van der Waals surface area contributed by atoms with E-state index < -0.39 is 0 Å². The predicted octanol–water partition coefficient (Wildman–Crippen LogP) is 0.968. The second-order valence-corrected chi connectivity index (χ2v) is 4.44. The van der Waals surface area contributed by atoms with Crippen LogP contribution in [0.1, 0.15) is 4.88 Å². The molecular formula is C10H16N2OS. The van der Waals surface area contributed by atoms with Gasteiger partial charge in [-0.15, -0.1) is 11.3 Å². The Labute approximate surface area is 88.7 Å². The van der Waals surface area contributed by atoms with Gasteiger partial charge in [0.15, 0.2) is 0 Å². The minimum atomic E-state index is 0.106. The fourth-order valence-electron chi connectivity index (χ4n) is 1.05. The van der Waals surface area contributed by atoms with Crippen molar-refractivity contribution in [2.75, 3.05) is 27.2 Å². The van der Waals surface area contributed by atoms with Crippen molar-refractivity contribution in [3.8, 4) is 0 Å². The first-order valence-electron chi connectivity index (χ1n) is 4.62. The first kappa shape index (κ1) is 11.2. The molecule has 0 saturated carbocycles. The summed E-state index contributed by atoms with van der Waals surface area (Å²) in [5.74, 6) is 0.106. The van der Waals surface area contributed by atoms with E-state index in [-0.39, 0.29) is 5.91 Å². The monoisotopic (exact) mass is 212 g/mol. The van der Waals surface area contributed by atoms with Gasteiger partial charge in [-0.25, -0.2) is 0 Å². The number of carbonyl (C=O) groups excluding carboxylic acids is 1. The van der Waals surface area contributed by atoms with Gasteiger partial charge >= 0.3 is 0 Å². The molecule has 0 bridgehead atoms. The summed E-state index contributed by atoms with van der Waals surface area (Å²) in [6, 6.07) is 3.95. The van der Waals surface area contributed by atoms with Crippen molar-refractivity contribution in [1.29, 1.82) is 0 Å². The van der Waals surface area contributed by atoms with Crippen LogP contribution in [0.3, 0.4) is 0 Å². The first-order chi connectivity index (χ1) is 6.68. The first-order valence-corrected chi connectivity index (χ1v) is 5.50. The molecule has 78 valence electrons. The largest absolute Gasteiger partial charge is 0.355 e. The van der Waals surface area contributed by atoms with Crippen molar-refractivity contribution >= 4 is 17.2 Å². The normalized spacial score (nSPS) is 10.5. The molecule has 0 aromatic carbocycles. The highest BCUT2D eigenvalue weighted by molar-refractivity contribution is 7.10. The Balaban J connectivity index is 2.17. The maximum Gasteiger partial charge on any atom is 0.225 e. The molecule has 1 N–H and O–H groups in total. The third-order valence-corrected chi connectivity index (χ3v) is 2.67. The number of nitrogens with one attached hydrogen (secondary N) is 1. The van der Waals surface area contributed by atoms with Crippen LogP contribution in [-0.4, -0.2) is 38.0 Å². The zero-order chi connectivity index (χ0) is 10.4. The zero-order valence-electron chi connectivity index (χ0n) is 8.62. The molecule has 0 saturated heterocycles. The quantitative estimate of drug-likeness (QED) is 0.788. The van der Waals surface area contributed by atoms with E-state index in [1.54, 1.807) is 11.3 Å². The molecule has 1 amide bonds. The molecular weight excluding hydrogens is 196 g/mol. The molecule has 4 heteroatoms. The predicted molar refractivity (Wildman–Crippen MR) is 59.6 cm³/mol. The minimum absolute atomic E-state index is 0.106. The molecule has 1 aromatic heterocycles. The smallest absolute Gasteiger partial charge is 0.225 e. The number of hydrogen-bond donors (Lipinski definition) is 1. The second-order valence-electron chi connectivity index (χ2n) is 3.41. The van der Waals surface area contributed by atoms with E-state index in [2.05, 4.69) is 5.32 Å². The number of likely N-dealkylation sites (N-methyl/N-ethyl adjacent to an activating group) is 1. The molecule has 0 spiro atoms. The van der Waals surface area contributed by atoms with Crippen LogP contribution in [0.2, 0.25) is 0 Å². The molecule has 0 atom stereocenters. The molecule has 1 aromatic rings. The van der Waals surface area contributed by atoms with E-state index in [1.165, 1.54) is 0 Å². The molecule has 0 radical (unpaired) electrons. The molecule has 1 heterocycles. The Kier molecular flexibility index (Phi) is 4.62. The van der Waals surface area contributed by atoms with Gasteiger partial charge in [0.05, 0.1) is 6.42 Å². The maximum atomic E-state index is 11.4. The van der Waals surface area contributed by atoms with Gasteiger partial charge in [-0.05, 0) is 25.5 Å². The van der Waals surface area contributed by atoms with Crippen molar-refractivity contribution in [2.45, 2.75) is 6.42 Å². The Morgan fingerprint density at radius 2 is 2.36 bits per heavy atom. The Morgan fingerprint density at radius 1 is 1.57 bits per heavy atom. The minimum Gasteiger partial charge on any atom is -0.355 e. The van der Waals surface area contributed by atoms with Crippen molar-refractivity contribution < 1.29 is 4.79 Å². The lowest BCUT2D eigenvalue weighted by Crippen LogP contribution is -2.32. The van der Waals surface area contributed by atoms with Gasteiger partial charge < -0.3 is 10.2 Å². The van der Waals surface area contributed by atoms with Crippen molar-refractivity contribution in [1.82, 2.24) is 10.2 Å². The highest BCUT2D eigenvalue weighted by atomic mass is 32.1. The molecule has 1 rings (SSSR count). The van der Waals surface area contributed by atoms with Crippen LogP contribution in [0.4, 0.5) is 0 Å². The second kappa shape index (κ2) is 5.78. The Bertz CT molecular complexity index is 270. The molecule has 0 unspecified atom stereocenters. The van der Waals surface area contributed by atoms with Crippen LogP contribution < -0.4 is 5.32 Å². The van der Waals surface area contributed by atoms with Crippen LogP contribution in [0, 0.1) is 0 Å². The molecule has 0 aliphatic carbocycles. The molecule has 0 aliphatic rings. The molecule has 0 fully saturated rings. The third kappa shape index (κ3) is 4.39. The van der Waals surface area contributed by atoms with Gasteiger partial charge in [0, 0.05) is 18.0 Å². The standard InChI is InChI=1S/C10H16N2OS/c1-12(2)6-5-11-10(13)8-9-4-3-7-14-9/h3-4,7H,5-6,8H2,1-2H3,(H,11,13). The summed E-state index contributed by atoms with van der Waals surface area (Å²) in [5.41, 5.74) is 0. The summed E-state index contributed by atoms with van der Waals surface area (Å²) in [5, 5.41) is 4.87. The highest BCUT2D eigenvalue weighted by Gasteiger charge is 2.02. The average Bonchev–Trinajstić information content (AvgIpc) is 2.56. The van der Waals surface area contributed by atoms with Crippen molar-refractivity contribution in [3.05, 3.63) is 22.4 Å². The number of nitrogens with zero attached hydrogens (tertiary/aromatic N) is 1. The Morgan fingerprint density at radius 3 is 2.93 bits per heavy atom. The van der Waals surface area contributed by atoms with E-state index in [1.807, 2.05) is 36.5 Å².